The van der Waals surface area contributed by atoms with Crippen molar-refractivity contribution in [3.63, 3.8) is 0 Å². The van der Waals surface area contributed by atoms with Gasteiger partial charge in [0.05, 0.1) is 0 Å². The predicted octanol–water partition coefficient (Wildman–Crippen LogP) is 2.64. The van der Waals surface area contributed by atoms with Crippen molar-refractivity contribution >= 4 is 23.7 Å². The van der Waals surface area contributed by atoms with Crippen LogP contribution in [-0.4, -0.2) is 58.5 Å². The molecule has 0 radical (unpaired) electrons. The molecule has 2 heterocycles. The number of ether oxygens (including phenoxy) is 1. The molecule has 6 nitrogen and oxygen atoms in total. The average molecular weight is 324 g/mol. The van der Waals surface area contributed by atoms with Gasteiger partial charge in [-0.3, -0.25) is 0 Å². The highest BCUT2D eigenvalue weighted by Crippen LogP contribution is 2.21. The number of aromatic nitrogens is 2. The van der Waals surface area contributed by atoms with Gasteiger partial charge in [-0.05, 0) is 40.0 Å². The molecule has 1 aliphatic heterocycles. The quantitative estimate of drug-likeness (QED) is 0.616. The van der Waals surface area contributed by atoms with Crippen LogP contribution in [0.2, 0.25) is 0 Å². The van der Waals surface area contributed by atoms with Gasteiger partial charge in [0.1, 0.15) is 11.4 Å². The van der Waals surface area contributed by atoms with Gasteiger partial charge in [-0.15, -0.1) is 0 Å². The Morgan fingerprint density at radius 1 is 1.41 bits per heavy atom. The third-order valence-corrected chi connectivity index (χ3v) is 3.94. The fourth-order valence-corrected chi connectivity index (χ4v) is 2.73. The van der Waals surface area contributed by atoms with E-state index in [4.69, 9.17) is 4.74 Å². The minimum absolute atomic E-state index is 0.186. The molecule has 1 aliphatic rings. The summed E-state index contributed by atoms with van der Waals surface area (Å²) in [5.74, 6) is 0.913. The van der Waals surface area contributed by atoms with Crippen molar-refractivity contribution in [3.05, 3.63) is 12.3 Å². The van der Waals surface area contributed by atoms with E-state index in [0.717, 1.165) is 17.5 Å². The normalized spacial score (nSPS) is 19.2. The topological polar surface area (TPSA) is 58.6 Å². The molecule has 22 heavy (non-hydrogen) atoms. The summed E-state index contributed by atoms with van der Waals surface area (Å²) in [6.45, 7) is 9.76. The van der Waals surface area contributed by atoms with Crippen molar-refractivity contribution in [3.8, 4) is 0 Å². The first kappa shape index (κ1) is 16.9. The van der Waals surface area contributed by atoms with E-state index in [1.165, 1.54) is 11.8 Å². The number of piperazine rings is 1. The molecule has 0 bridgehead atoms. The Morgan fingerprint density at radius 2 is 2.14 bits per heavy atom. The monoisotopic (exact) mass is 324 g/mol. The average Bonchev–Trinajstić information content (AvgIpc) is 2.45. The molecule has 0 aromatic carbocycles. The van der Waals surface area contributed by atoms with Gasteiger partial charge in [0.25, 0.3) is 0 Å². The van der Waals surface area contributed by atoms with Crippen LogP contribution < -0.4 is 4.90 Å². The zero-order chi connectivity index (χ0) is 16.3. The third kappa shape index (κ3) is 4.25. The number of hydrogen-bond donors (Lipinski definition) is 0. The first-order valence-corrected chi connectivity index (χ1v) is 8.64. The van der Waals surface area contributed by atoms with E-state index in [1.807, 2.05) is 33.1 Å². The number of thioether (sulfide) groups is 1. The first-order valence-electron chi connectivity index (χ1n) is 7.42. The molecular formula is C15H24N4O2S. The van der Waals surface area contributed by atoms with Crippen molar-refractivity contribution < 1.29 is 9.53 Å². The maximum atomic E-state index is 12.2. The summed E-state index contributed by atoms with van der Waals surface area (Å²) in [6, 6.07) is 2.10. The number of carbonyl (C=O) groups is 1. The summed E-state index contributed by atoms with van der Waals surface area (Å²) in [5.41, 5.74) is -0.461. The molecule has 7 heteroatoms. The number of rotatable bonds is 2. The number of amides is 1. The molecule has 1 aromatic heterocycles. The second-order valence-electron chi connectivity index (χ2n) is 6.37. The molecule has 122 valence electrons. The Kier molecular flexibility index (Phi) is 5.16. The van der Waals surface area contributed by atoms with Crippen LogP contribution in [0.3, 0.4) is 0 Å². The molecule has 1 atom stereocenters. The van der Waals surface area contributed by atoms with Crippen LogP contribution in [-0.2, 0) is 4.74 Å². The highest BCUT2D eigenvalue weighted by Gasteiger charge is 2.30. The van der Waals surface area contributed by atoms with Gasteiger partial charge in [0.2, 0.25) is 0 Å². The van der Waals surface area contributed by atoms with E-state index >= 15 is 0 Å². The Hall–Kier alpha value is -1.50. The highest BCUT2D eigenvalue weighted by atomic mass is 32.2. The SMILES string of the molecule is CSc1nccc(N2CCN(C(=O)OC(C)(C)C)C[C@@H]2C)n1. The summed E-state index contributed by atoms with van der Waals surface area (Å²) >= 11 is 1.53. The van der Waals surface area contributed by atoms with Crippen LogP contribution in [0.15, 0.2) is 17.4 Å². The van der Waals surface area contributed by atoms with E-state index in [9.17, 15) is 4.79 Å². The standard InChI is InChI=1S/C15H24N4O2S/c1-11-10-18(14(20)21-15(2,3)4)8-9-19(11)12-6-7-16-13(17-12)22-5/h6-7,11H,8-10H2,1-5H3/t11-/m0/s1. The molecule has 1 aromatic rings. The van der Waals surface area contributed by atoms with Crippen LogP contribution in [0.5, 0.6) is 0 Å². The lowest BCUT2D eigenvalue weighted by Gasteiger charge is -2.40. The van der Waals surface area contributed by atoms with E-state index < -0.39 is 5.60 Å². The predicted molar refractivity (Wildman–Crippen MR) is 88.4 cm³/mol. The lowest BCUT2D eigenvalue weighted by atomic mass is 10.2. The smallest absolute Gasteiger partial charge is 0.410 e. The lowest BCUT2D eigenvalue weighted by molar-refractivity contribution is 0.0218. The number of anilines is 1. The second-order valence-corrected chi connectivity index (χ2v) is 7.14. The molecule has 0 saturated carbocycles. The molecule has 2 rings (SSSR count). The Morgan fingerprint density at radius 3 is 2.73 bits per heavy atom. The molecule has 0 N–H and O–H groups in total. The van der Waals surface area contributed by atoms with E-state index in [-0.39, 0.29) is 12.1 Å². The summed E-state index contributed by atoms with van der Waals surface area (Å²) < 4.78 is 5.44. The van der Waals surface area contributed by atoms with Crippen molar-refractivity contribution in [1.29, 1.82) is 0 Å². The van der Waals surface area contributed by atoms with Gasteiger partial charge in [-0.25, -0.2) is 14.8 Å². The Labute approximate surface area is 136 Å². The zero-order valence-electron chi connectivity index (χ0n) is 13.9. The maximum Gasteiger partial charge on any atom is 0.410 e. The summed E-state index contributed by atoms with van der Waals surface area (Å²) in [7, 11) is 0. The summed E-state index contributed by atoms with van der Waals surface area (Å²) in [5, 5.41) is 0.763. The molecule has 1 fully saturated rings. The van der Waals surface area contributed by atoms with Crippen molar-refractivity contribution in [1.82, 2.24) is 14.9 Å². The van der Waals surface area contributed by atoms with Gasteiger partial charge in [0, 0.05) is 31.9 Å². The van der Waals surface area contributed by atoms with Gasteiger partial charge in [0.15, 0.2) is 5.16 Å². The van der Waals surface area contributed by atoms with Crippen molar-refractivity contribution in [2.75, 3.05) is 30.8 Å². The summed E-state index contributed by atoms with van der Waals surface area (Å²) in [6.07, 6.45) is 3.50. The Balaban J connectivity index is 2.02. The molecule has 0 unspecified atom stereocenters. The van der Waals surface area contributed by atoms with Gasteiger partial charge < -0.3 is 14.5 Å². The minimum atomic E-state index is -0.461. The highest BCUT2D eigenvalue weighted by molar-refractivity contribution is 7.98. The number of hydrogen-bond acceptors (Lipinski definition) is 6. The van der Waals surface area contributed by atoms with Crippen molar-refractivity contribution in [2.45, 2.75) is 44.5 Å². The fraction of sp³-hybridized carbons (Fsp3) is 0.667. The second kappa shape index (κ2) is 6.73. The van der Waals surface area contributed by atoms with Gasteiger partial charge in [-0.2, -0.15) is 0 Å². The van der Waals surface area contributed by atoms with Gasteiger partial charge in [-0.1, -0.05) is 11.8 Å². The van der Waals surface area contributed by atoms with Crippen LogP contribution >= 0.6 is 11.8 Å². The lowest BCUT2D eigenvalue weighted by Crippen LogP contribution is -2.54. The molecule has 0 spiro atoms. The maximum absolute atomic E-state index is 12.2. The van der Waals surface area contributed by atoms with Gasteiger partial charge >= 0.3 is 6.09 Å². The number of nitrogens with zero attached hydrogens (tertiary/aromatic N) is 4. The molecule has 1 amide bonds. The number of carbonyl (C=O) groups excluding carboxylic acids is 1. The fourth-order valence-electron chi connectivity index (χ4n) is 2.38. The first-order chi connectivity index (χ1) is 10.3. The molecular weight excluding hydrogens is 300 g/mol. The van der Waals surface area contributed by atoms with E-state index in [2.05, 4.69) is 21.8 Å². The molecule has 0 aliphatic carbocycles. The Bertz CT molecular complexity index is 533. The largest absolute Gasteiger partial charge is 0.444 e. The van der Waals surface area contributed by atoms with Crippen LogP contribution in [0, 0.1) is 0 Å². The van der Waals surface area contributed by atoms with Crippen LogP contribution in [0.1, 0.15) is 27.7 Å². The van der Waals surface area contributed by atoms with Crippen LogP contribution in [0.25, 0.3) is 0 Å². The summed E-state index contributed by atoms with van der Waals surface area (Å²) in [4.78, 5) is 24.9. The minimum Gasteiger partial charge on any atom is -0.444 e. The molecule has 1 saturated heterocycles. The van der Waals surface area contributed by atoms with Crippen LogP contribution in [0.4, 0.5) is 10.6 Å². The van der Waals surface area contributed by atoms with Crippen molar-refractivity contribution in [2.24, 2.45) is 0 Å². The van der Waals surface area contributed by atoms with E-state index in [1.54, 1.807) is 11.1 Å². The zero-order valence-corrected chi connectivity index (χ0v) is 14.7. The third-order valence-electron chi connectivity index (χ3n) is 3.37. The van der Waals surface area contributed by atoms with E-state index in [0.29, 0.717) is 13.1 Å².